The maximum atomic E-state index is 12.0. The molecule has 0 saturated carbocycles. The summed E-state index contributed by atoms with van der Waals surface area (Å²) in [4.78, 5) is 35.5. The molecule has 3 aromatic rings. The smallest absolute Gasteiger partial charge is 0.325 e. The number of amides is 2. The molecule has 0 unspecified atom stereocenters. The summed E-state index contributed by atoms with van der Waals surface area (Å²) < 4.78 is 5.96. The van der Waals surface area contributed by atoms with E-state index in [4.69, 9.17) is 0 Å². The molecule has 0 aliphatic heterocycles. The minimum atomic E-state index is -0.703. The quantitative estimate of drug-likeness (QED) is 0.346. The highest BCUT2D eigenvalue weighted by atomic mass is 16.5. The number of ether oxygens (including phenoxy) is 1. The number of methoxy groups -OCH3 is 1. The number of carbonyl (C=O) groups excluding carboxylic acids is 3. The van der Waals surface area contributed by atoms with Crippen LogP contribution in [-0.2, 0) is 25.7 Å². The predicted molar refractivity (Wildman–Crippen MR) is 114 cm³/mol. The van der Waals surface area contributed by atoms with Crippen LogP contribution in [0.1, 0.15) is 5.56 Å². The van der Waals surface area contributed by atoms with Crippen molar-refractivity contribution < 1.29 is 24.2 Å². The van der Waals surface area contributed by atoms with Crippen molar-refractivity contribution in [3.8, 4) is 5.88 Å². The van der Waals surface area contributed by atoms with Crippen molar-refractivity contribution in [3.63, 3.8) is 0 Å². The van der Waals surface area contributed by atoms with Crippen LogP contribution in [0.2, 0.25) is 0 Å². The number of nitrogens with zero attached hydrogens (tertiary/aromatic N) is 3. The Morgan fingerprint density at radius 3 is 2.55 bits per heavy atom. The van der Waals surface area contributed by atoms with Crippen LogP contribution in [0.3, 0.4) is 0 Å². The Morgan fingerprint density at radius 2 is 1.81 bits per heavy atom. The van der Waals surface area contributed by atoms with Gasteiger partial charge in [0.1, 0.15) is 13.1 Å². The second-order valence-corrected chi connectivity index (χ2v) is 6.41. The summed E-state index contributed by atoms with van der Waals surface area (Å²) in [5.74, 6) is -2.03. The van der Waals surface area contributed by atoms with Crippen LogP contribution in [0.5, 0.6) is 5.88 Å². The zero-order valence-corrected chi connectivity index (χ0v) is 16.7. The fourth-order valence-corrected chi connectivity index (χ4v) is 2.82. The molecule has 158 valence electrons. The van der Waals surface area contributed by atoms with Gasteiger partial charge in [-0.05, 0) is 17.7 Å². The first-order valence-electron chi connectivity index (χ1n) is 9.32. The van der Waals surface area contributed by atoms with Crippen molar-refractivity contribution in [2.75, 3.05) is 13.7 Å². The number of esters is 1. The van der Waals surface area contributed by atoms with Gasteiger partial charge >= 0.3 is 5.97 Å². The van der Waals surface area contributed by atoms with Gasteiger partial charge in [-0.25, -0.2) is 0 Å². The fraction of sp³-hybridized carbons (Fsp3) is 0.136. The van der Waals surface area contributed by atoms with E-state index in [0.717, 1.165) is 5.56 Å². The molecule has 2 N–H and O–H groups in total. The first-order valence-corrected chi connectivity index (χ1v) is 9.32. The van der Waals surface area contributed by atoms with Gasteiger partial charge in [0.05, 0.1) is 12.6 Å². The van der Waals surface area contributed by atoms with E-state index in [1.165, 1.54) is 17.8 Å². The number of fused-ring (bicyclic) bond motifs is 1. The number of carbonyl (C=O) groups is 3. The van der Waals surface area contributed by atoms with Gasteiger partial charge in [-0.2, -0.15) is 0 Å². The molecule has 1 aromatic heterocycles. The van der Waals surface area contributed by atoms with E-state index in [2.05, 4.69) is 20.3 Å². The molecule has 0 aliphatic carbocycles. The van der Waals surface area contributed by atoms with Gasteiger partial charge < -0.3 is 15.2 Å². The third kappa shape index (κ3) is 5.41. The molecule has 3 rings (SSSR count). The summed E-state index contributed by atoms with van der Waals surface area (Å²) in [7, 11) is 1.24. The second-order valence-electron chi connectivity index (χ2n) is 6.41. The fourth-order valence-electron chi connectivity index (χ4n) is 2.82. The Labute approximate surface area is 177 Å². The van der Waals surface area contributed by atoms with Gasteiger partial charge in [-0.15, -0.1) is 10.2 Å². The van der Waals surface area contributed by atoms with E-state index >= 15 is 0 Å². The zero-order chi connectivity index (χ0) is 22.2. The van der Waals surface area contributed by atoms with Gasteiger partial charge in [0.15, 0.2) is 5.69 Å². The van der Waals surface area contributed by atoms with E-state index in [-0.39, 0.29) is 24.7 Å². The molecule has 0 atom stereocenters. The molecule has 1 heterocycles. The van der Waals surface area contributed by atoms with E-state index < -0.39 is 17.8 Å². The van der Waals surface area contributed by atoms with Gasteiger partial charge in [0, 0.05) is 11.5 Å². The van der Waals surface area contributed by atoms with Crippen LogP contribution < -0.4 is 5.32 Å². The minimum Gasteiger partial charge on any atom is -0.493 e. The molecule has 9 nitrogen and oxygen atoms in total. The standard InChI is InChI=1S/C22H20N4O5/c1-31-20(29)14-26-17-10-6-5-9-16(17)21(22(26)30)25-24-19(28)13-23-18(27)12-11-15-7-3-2-4-8-15/h2-12,30H,13-14H2,1H3,(H,23,27). The lowest BCUT2D eigenvalue weighted by atomic mass is 10.2. The highest BCUT2D eigenvalue weighted by Gasteiger charge is 2.18. The molecule has 2 amide bonds. The molecule has 9 heteroatoms. The Bertz CT molecular complexity index is 1170. The highest BCUT2D eigenvalue weighted by Crippen LogP contribution is 2.38. The van der Waals surface area contributed by atoms with Gasteiger partial charge in [-0.1, -0.05) is 48.5 Å². The van der Waals surface area contributed by atoms with Crippen LogP contribution in [0.25, 0.3) is 17.0 Å². The van der Waals surface area contributed by atoms with Crippen molar-refractivity contribution in [2.45, 2.75) is 6.54 Å². The largest absolute Gasteiger partial charge is 0.493 e. The molecule has 2 aromatic carbocycles. The van der Waals surface area contributed by atoms with E-state index in [1.807, 2.05) is 30.3 Å². The van der Waals surface area contributed by atoms with Crippen molar-refractivity contribution >= 4 is 40.4 Å². The lowest BCUT2D eigenvalue weighted by Gasteiger charge is -2.04. The molecule has 31 heavy (non-hydrogen) atoms. The first kappa shape index (κ1) is 21.4. The molecular formula is C22H20N4O5. The monoisotopic (exact) mass is 420 g/mol. The van der Waals surface area contributed by atoms with Crippen molar-refractivity contribution in [2.24, 2.45) is 10.2 Å². The van der Waals surface area contributed by atoms with Crippen molar-refractivity contribution in [1.29, 1.82) is 0 Å². The van der Waals surface area contributed by atoms with Gasteiger partial charge in [-0.3, -0.25) is 19.0 Å². The summed E-state index contributed by atoms with van der Waals surface area (Å²) >= 11 is 0. The molecular weight excluding hydrogens is 400 g/mol. The van der Waals surface area contributed by atoms with Gasteiger partial charge in [0.2, 0.25) is 11.8 Å². The third-order valence-corrected chi connectivity index (χ3v) is 4.33. The molecule has 0 aliphatic rings. The maximum Gasteiger partial charge on any atom is 0.325 e. The minimum absolute atomic E-state index is 0.0446. The Morgan fingerprint density at radius 1 is 1.10 bits per heavy atom. The van der Waals surface area contributed by atoms with Crippen LogP contribution in [0.15, 0.2) is 70.9 Å². The summed E-state index contributed by atoms with van der Waals surface area (Å²) in [6.07, 6.45) is 2.93. The van der Waals surface area contributed by atoms with Crippen LogP contribution in [0.4, 0.5) is 5.69 Å². The highest BCUT2D eigenvalue weighted by molar-refractivity contribution is 5.97. The molecule has 0 saturated heterocycles. The molecule has 0 radical (unpaired) electrons. The van der Waals surface area contributed by atoms with Crippen molar-refractivity contribution in [1.82, 2.24) is 9.88 Å². The summed E-state index contributed by atoms with van der Waals surface area (Å²) in [5.41, 5.74) is 1.43. The SMILES string of the molecule is COC(=O)Cn1c(O)c(N=NC(=O)CNC(=O)C=Cc2ccccc2)c2ccccc21. The number of rotatable bonds is 7. The third-order valence-electron chi connectivity index (χ3n) is 4.33. The number of hydrogen-bond acceptors (Lipinski definition) is 6. The van der Waals surface area contributed by atoms with Crippen molar-refractivity contribution in [3.05, 3.63) is 66.2 Å². The molecule has 0 bridgehead atoms. The zero-order valence-electron chi connectivity index (χ0n) is 16.7. The number of nitrogens with one attached hydrogen (secondary N) is 1. The lowest BCUT2D eigenvalue weighted by molar-refractivity contribution is -0.141. The average Bonchev–Trinajstić information content (AvgIpc) is 3.06. The lowest BCUT2D eigenvalue weighted by Crippen LogP contribution is -2.26. The van der Waals surface area contributed by atoms with Gasteiger partial charge in [0.25, 0.3) is 5.91 Å². The summed E-state index contributed by atoms with van der Waals surface area (Å²) in [6.45, 7) is -0.584. The maximum absolute atomic E-state index is 12.0. The Balaban J connectivity index is 1.68. The number of aromatic hydroxyl groups is 1. The summed E-state index contributed by atoms with van der Waals surface area (Å²) in [6, 6.07) is 16.1. The van der Waals surface area contributed by atoms with E-state index in [9.17, 15) is 19.5 Å². The Hall–Kier alpha value is -4.27. The van der Waals surface area contributed by atoms with Crippen LogP contribution in [0, 0.1) is 0 Å². The van der Waals surface area contributed by atoms with Crippen LogP contribution >= 0.6 is 0 Å². The van der Waals surface area contributed by atoms with E-state index in [1.54, 1.807) is 30.3 Å². The molecule has 0 fully saturated rings. The predicted octanol–water partition coefficient (Wildman–Crippen LogP) is 2.96. The summed E-state index contributed by atoms with van der Waals surface area (Å²) in [5, 5.41) is 20.8. The number of hydrogen-bond donors (Lipinski definition) is 2. The second kappa shape index (κ2) is 9.97. The Kier molecular flexibility index (Phi) is 6.89. The number of aromatic nitrogens is 1. The molecule has 0 spiro atoms. The van der Waals surface area contributed by atoms with Crippen LogP contribution in [-0.4, -0.2) is 41.1 Å². The number of benzene rings is 2. The topological polar surface area (TPSA) is 122 Å². The van der Waals surface area contributed by atoms with E-state index in [0.29, 0.717) is 10.9 Å². The number of azo groups is 1. The average molecular weight is 420 g/mol. The normalized spacial score (nSPS) is 11.3. The first-order chi connectivity index (χ1) is 15.0. The number of para-hydroxylation sites is 1.